The molecule has 28 heavy (non-hydrogen) atoms. The fourth-order valence-corrected chi connectivity index (χ4v) is 3.79. The Balaban J connectivity index is 1.63. The number of aryl methyl sites for hydroxylation is 1. The van der Waals surface area contributed by atoms with Crippen molar-refractivity contribution in [2.24, 2.45) is 0 Å². The molecule has 0 aliphatic carbocycles. The Morgan fingerprint density at radius 3 is 2.46 bits per heavy atom. The number of rotatable bonds is 4. The third-order valence-corrected chi connectivity index (χ3v) is 5.17. The first-order valence-corrected chi connectivity index (χ1v) is 9.21. The molecule has 4 aromatic rings. The summed E-state index contributed by atoms with van der Waals surface area (Å²) in [5.41, 5.74) is 5.52. The summed E-state index contributed by atoms with van der Waals surface area (Å²) in [7, 11) is 0. The minimum atomic E-state index is -0.267. The first-order chi connectivity index (χ1) is 13.4. The monoisotopic (exact) mass is 374 g/mol. The second-order valence-electron chi connectivity index (χ2n) is 7.04. The van der Waals surface area contributed by atoms with E-state index in [4.69, 9.17) is 0 Å². The van der Waals surface area contributed by atoms with Gasteiger partial charge in [0.2, 0.25) is 0 Å². The fourth-order valence-electron chi connectivity index (χ4n) is 3.79. The molecule has 4 rings (SSSR count). The first kappa shape index (κ1) is 17.9. The van der Waals surface area contributed by atoms with Gasteiger partial charge in [0.15, 0.2) is 0 Å². The second-order valence-corrected chi connectivity index (χ2v) is 7.04. The molecule has 0 radical (unpaired) electrons. The van der Waals surface area contributed by atoms with E-state index in [0.29, 0.717) is 22.3 Å². The molecule has 0 unspecified atom stereocenters. The van der Waals surface area contributed by atoms with Crippen molar-refractivity contribution in [1.29, 1.82) is 0 Å². The number of anilines is 1. The van der Waals surface area contributed by atoms with Crippen molar-refractivity contribution in [3.8, 4) is 0 Å². The van der Waals surface area contributed by atoms with Crippen LogP contribution in [0.1, 0.15) is 40.3 Å². The molecule has 0 fully saturated rings. The van der Waals surface area contributed by atoms with Crippen molar-refractivity contribution in [3.63, 3.8) is 0 Å². The van der Waals surface area contributed by atoms with Gasteiger partial charge in [0.1, 0.15) is 0 Å². The highest BCUT2D eigenvalue weighted by atomic mass is 16.2. The van der Waals surface area contributed by atoms with Gasteiger partial charge in [-0.25, -0.2) is 4.79 Å². The summed E-state index contributed by atoms with van der Waals surface area (Å²) in [4.78, 5) is 29.7. The SMILES string of the molecule is Cc1cc(C(=O)Nc2ccc3[nH]c(=O)[nH]c3c2)c(C)n1[C@@H](C)c1ccccc1. The standard InChI is InChI=1S/C22H22N4O2/c1-13-11-18(15(3)26(13)14(2)16-7-5-4-6-8-16)21(27)23-17-9-10-19-20(12-17)25-22(28)24-19/h4-12,14H,1-3H3,(H,23,27)(H2,24,25,28)/t14-/m0/s1. The number of fused-ring (bicyclic) bond motifs is 1. The van der Waals surface area contributed by atoms with Gasteiger partial charge in [-0.3, -0.25) is 4.79 Å². The summed E-state index contributed by atoms with van der Waals surface area (Å²) >= 11 is 0. The van der Waals surface area contributed by atoms with Crippen LogP contribution < -0.4 is 11.0 Å². The maximum atomic E-state index is 12.9. The Morgan fingerprint density at radius 2 is 1.71 bits per heavy atom. The summed E-state index contributed by atoms with van der Waals surface area (Å²) in [6.45, 7) is 6.11. The van der Waals surface area contributed by atoms with Gasteiger partial charge in [0.05, 0.1) is 22.6 Å². The van der Waals surface area contributed by atoms with Gasteiger partial charge in [0, 0.05) is 17.1 Å². The highest BCUT2D eigenvalue weighted by Crippen LogP contribution is 2.26. The topological polar surface area (TPSA) is 82.7 Å². The molecular weight excluding hydrogens is 352 g/mol. The number of carbonyl (C=O) groups is 1. The number of nitrogens with one attached hydrogen (secondary N) is 3. The summed E-state index contributed by atoms with van der Waals surface area (Å²) < 4.78 is 2.18. The lowest BCUT2D eigenvalue weighted by molar-refractivity contribution is 0.102. The molecule has 2 aromatic heterocycles. The van der Waals surface area contributed by atoms with Crippen LogP contribution in [0.4, 0.5) is 5.69 Å². The molecule has 2 heterocycles. The number of nitrogens with zero attached hydrogens (tertiary/aromatic N) is 1. The lowest BCUT2D eigenvalue weighted by Gasteiger charge is -2.19. The predicted octanol–water partition coefficient (Wildman–Crippen LogP) is 4.14. The number of imidazole rings is 1. The maximum Gasteiger partial charge on any atom is 0.323 e. The Labute approximate surface area is 162 Å². The molecule has 1 atom stereocenters. The summed E-state index contributed by atoms with van der Waals surface area (Å²) in [5, 5.41) is 2.93. The van der Waals surface area contributed by atoms with Crippen LogP contribution in [0.25, 0.3) is 11.0 Å². The molecule has 0 saturated carbocycles. The molecule has 0 saturated heterocycles. The van der Waals surface area contributed by atoms with Crippen LogP contribution in [0.5, 0.6) is 0 Å². The smallest absolute Gasteiger partial charge is 0.323 e. The van der Waals surface area contributed by atoms with Gasteiger partial charge in [-0.1, -0.05) is 30.3 Å². The molecule has 6 nitrogen and oxygen atoms in total. The van der Waals surface area contributed by atoms with E-state index in [2.05, 4.69) is 38.9 Å². The summed E-state index contributed by atoms with van der Waals surface area (Å²) in [6, 6.07) is 17.6. The van der Waals surface area contributed by atoms with Crippen molar-refractivity contribution in [2.45, 2.75) is 26.8 Å². The largest absolute Gasteiger partial charge is 0.341 e. The number of hydrogen-bond acceptors (Lipinski definition) is 2. The summed E-state index contributed by atoms with van der Waals surface area (Å²) in [6.07, 6.45) is 0. The fraction of sp³-hybridized carbons (Fsp3) is 0.182. The van der Waals surface area contributed by atoms with E-state index < -0.39 is 0 Å². The number of H-pyrrole nitrogens is 2. The zero-order valence-electron chi connectivity index (χ0n) is 16.0. The van der Waals surface area contributed by atoms with E-state index in [0.717, 1.165) is 11.4 Å². The molecule has 3 N–H and O–H groups in total. The van der Waals surface area contributed by atoms with Gasteiger partial charge in [-0.05, 0) is 50.6 Å². The van der Waals surface area contributed by atoms with E-state index in [1.54, 1.807) is 18.2 Å². The number of aromatic amines is 2. The van der Waals surface area contributed by atoms with Crippen molar-refractivity contribution >= 4 is 22.6 Å². The normalized spacial score (nSPS) is 12.2. The number of aromatic nitrogens is 3. The second kappa shape index (κ2) is 6.88. The van der Waals surface area contributed by atoms with E-state index in [9.17, 15) is 9.59 Å². The highest BCUT2D eigenvalue weighted by Gasteiger charge is 2.20. The van der Waals surface area contributed by atoms with E-state index in [1.807, 2.05) is 38.1 Å². The molecule has 6 heteroatoms. The van der Waals surface area contributed by atoms with Gasteiger partial charge < -0.3 is 19.9 Å². The number of hydrogen-bond donors (Lipinski definition) is 3. The first-order valence-electron chi connectivity index (χ1n) is 9.21. The van der Waals surface area contributed by atoms with Crippen molar-refractivity contribution in [3.05, 3.63) is 87.6 Å². The average molecular weight is 374 g/mol. The summed E-state index contributed by atoms with van der Waals surface area (Å²) in [5.74, 6) is -0.170. The van der Waals surface area contributed by atoms with Crippen molar-refractivity contribution in [1.82, 2.24) is 14.5 Å². The lowest BCUT2D eigenvalue weighted by atomic mass is 10.1. The number of benzene rings is 2. The van der Waals surface area contributed by atoms with Crippen LogP contribution in [0.3, 0.4) is 0 Å². The van der Waals surface area contributed by atoms with Crippen LogP contribution in [0.15, 0.2) is 59.4 Å². The third-order valence-electron chi connectivity index (χ3n) is 5.17. The zero-order valence-corrected chi connectivity index (χ0v) is 16.0. The van der Waals surface area contributed by atoms with Crippen LogP contribution >= 0.6 is 0 Å². The maximum absolute atomic E-state index is 12.9. The van der Waals surface area contributed by atoms with E-state index in [-0.39, 0.29) is 17.6 Å². The minimum absolute atomic E-state index is 0.129. The highest BCUT2D eigenvalue weighted by molar-refractivity contribution is 6.06. The van der Waals surface area contributed by atoms with E-state index >= 15 is 0 Å². The Morgan fingerprint density at radius 1 is 1.00 bits per heavy atom. The van der Waals surface area contributed by atoms with Gasteiger partial charge >= 0.3 is 5.69 Å². The molecule has 142 valence electrons. The van der Waals surface area contributed by atoms with Crippen LogP contribution in [-0.2, 0) is 0 Å². The van der Waals surface area contributed by atoms with Gasteiger partial charge in [0.25, 0.3) is 5.91 Å². The van der Waals surface area contributed by atoms with Crippen molar-refractivity contribution in [2.75, 3.05) is 5.32 Å². The molecule has 0 aliphatic heterocycles. The van der Waals surface area contributed by atoms with Gasteiger partial charge in [-0.15, -0.1) is 0 Å². The molecule has 0 spiro atoms. The molecule has 1 amide bonds. The van der Waals surface area contributed by atoms with Crippen LogP contribution in [0, 0.1) is 13.8 Å². The Bertz CT molecular complexity index is 1210. The van der Waals surface area contributed by atoms with Crippen LogP contribution in [-0.4, -0.2) is 20.4 Å². The van der Waals surface area contributed by atoms with Crippen molar-refractivity contribution < 1.29 is 4.79 Å². The minimum Gasteiger partial charge on any atom is -0.341 e. The number of amides is 1. The molecular formula is C22H22N4O2. The molecule has 0 aliphatic rings. The molecule has 0 bridgehead atoms. The quantitative estimate of drug-likeness (QED) is 0.502. The predicted molar refractivity (Wildman–Crippen MR) is 111 cm³/mol. The van der Waals surface area contributed by atoms with Gasteiger partial charge in [-0.2, -0.15) is 0 Å². The Kier molecular flexibility index (Phi) is 4.39. The average Bonchev–Trinajstić information content (AvgIpc) is 3.19. The molecule has 2 aromatic carbocycles. The third kappa shape index (κ3) is 3.13. The zero-order chi connectivity index (χ0) is 19.8. The van der Waals surface area contributed by atoms with Crippen LogP contribution in [0.2, 0.25) is 0 Å². The van der Waals surface area contributed by atoms with E-state index in [1.165, 1.54) is 5.56 Å². The number of carbonyl (C=O) groups excluding carboxylic acids is 1. The lowest BCUT2D eigenvalue weighted by Crippen LogP contribution is -2.15. The Hall–Kier alpha value is -3.54.